The van der Waals surface area contributed by atoms with Crippen molar-refractivity contribution in [3.05, 3.63) is 29.6 Å². The standard InChI is InChI=1S/C13H21FN2O2S.ClH/c1-9(2)6-11(8-15)16-19(17,18)13-5-4-10(3)7-12(13)14;/h4-5,7,9,11,16H,6,8,15H2,1-3H3;1H. The molecule has 0 spiro atoms. The van der Waals surface area contributed by atoms with Crippen LogP contribution in [0.4, 0.5) is 4.39 Å². The first-order chi connectivity index (χ1) is 8.76. The first-order valence-electron chi connectivity index (χ1n) is 6.24. The maximum Gasteiger partial charge on any atom is 0.243 e. The highest BCUT2D eigenvalue weighted by Gasteiger charge is 2.23. The Morgan fingerprint density at radius 1 is 1.35 bits per heavy atom. The molecule has 0 aliphatic rings. The number of hydrogen-bond acceptors (Lipinski definition) is 3. The minimum Gasteiger partial charge on any atom is -0.329 e. The van der Waals surface area contributed by atoms with Crippen molar-refractivity contribution in [3.8, 4) is 0 Å². The van der Waals surface area contributed by atoms with Gasteiger partial charge in [0.05, 0.1) is 0 Å². The van der Waals surface area contributed by atoms with E-state index in [0.29, 0.717) is 17.9 Å². The lowest BCUT2D eigenvalue weighted by Crippen LogP contribution is -2.41. The van der Waals surface area contributed by atoms with Crippen LogP contribution in [-0.4, -0.2) is 21.0 Å². The maximum atomic E-state index is 13.7. The van der Waals surface area contributed by atoms with E-state index in [9.17, 15) is 12.8 Å². The van der Waals surface area contributed by atoms with Crippen LogP contribution < -0.4 is 10.5 Å². The molecule has 0 heterocycles. The first kappa shape index (κ1) is 19.3. The zero-order valence-corrected chi connectivity index (χ0v) is 13.5. The predicted molar refractivity (Wildman–Crippen MR) is 81.0 cm³/mol. The van der Waals surface area contributed by atoms with Crippen LogP contribution in [0.1, 0.15) is 25.8 Å². The topological polar surface area (TPSA) is 72.2 Å². The third-order valence-corrected chi connectivity index (χ3v) is 4.29. The van der Waals surface area contributed by atoms with E-state index in [0.717, 1.165) is 0 Å². The first-order valence-corrected chi connectivity index (χ1v) is 7.73. The molecule has 1 atom stereocenters. The molecular weight excluding hydrogens is 303 g/mol. The van der Waals surface area contributed by atoms with E-state index in [4.69, 9.17) is 5.73 Å². The zero-order valence-electron chi connectivity index (χ0n) is 11.9. The average Bonchev–Trinajstić information content (AvgIpc) is 2.26. The van der Waals surface area contributed by atoms with Gasteiger partial charge in [0.15, 0.2) is 0 Å². The second-order valence-electron chi connectivity index (χ2n) is 5.12. The smallest absolute Gasteiger partial charge is 0.243 e. The Bertz CT molecular complexity index is 535. The fraction of sp³-hybridized carbons (Fsp3) is 0.538. The van der Waals surface area contributed by atoms with E-state index < -0.39 is 15.8 Å². The van der Waals surface area contributed by atoms with Crippen molar-refractivity contribution < 1.29 is 12.8 Å². The fourth-order valence-electron chi connectivity index (χ4n) is 1.87. The van der Waals surface area contributed by atoms with E-state index in [1.54, 1.807) is 13.0 Å². The van der Waals surface area contributed by atoms with Gasteiger partial charge in [-0.05, 0) is 37.0 Å². The minimum atomic E-state index is -3.87. The zero-order chi connectivity index (χ0) is 14.6. The van der Waals surface area contributed by atoms with Crippen LogP contribution in [0.3, 0.4) is 0 Å². The number of hydrogen-bond donors (Lipinski definition) is 2. The number of nitrogens with two attached hydrogens (primary N) is 1. The summed E-state index contributed by atoms with van der Waals surface area (Å²) >= 11 is 0. The summed E-state index contributed by atoms with van der Waals surface area (Å²) in [6.07, 6.45) is 0.614. The molecule has 1 aromatic carbocycles. The van der Waals surface area contributed by atoms with Gasteiger partial charge in [0.1, 0.15) is 10.7 Å². The SMILES string of the molecule is Cc1ccc(S(=O)(=O)NC(CN)CC(C)C)c(F)c1.Cl. The minimum absolute atomic E-state index is 0. The number of rotatable bonds is 6. The van der Waals surface area contributed by atoms with Crippen molar-refractivity contribution in [1.29, 1.82) is 0 Å². The molecule has 0 radical (unpaired) electrons. The Hall–Kier alpha value is -0.690. The quantitative estimate of drug-likeness (QED) is 0.842. The van der Waals surface area contributed by atoms with Crippen molar-refractivity contribution in [3.63, 3.8) is 0 Å². The van der Waals surface area contributed by atoms with E-state index in [1.807, 2.05) is 13.8 Å². The molecule has 1 aromatic rings. The Labute approximate surface area is 126 Å². The maximum absolute atomic E-state index is 13.7. The summed E-state index contributed by atoms with van der Waals surface area (Å²) in [5.41, 5.74) is 6.22. The second kappa shape index (κ2) is 7.93. The molecule has 4 nitrogen and oxygen atoms in total. The van der Waals surface area contributed by atoms with Crippen molar-refractivity contribution in [2.75, 3.05) is 6.54 Å². The molecule has 0 bridgehead atoms. The van der Waals surface area contributed by atoms with Crippen LogP contribution in [0.5, 0.6) is 0 Å². The lowest BCUT2D eigenvalue weighted by atomic mass is 10.1. The van der Waals surface area contributed by atoms with Gasteiger partial charge in [-0.3, -0.25) is 0 Å². The molecule has 0 aromatic heterocycles. The number of halogens is 2. The normalized spacial score (nSPS) is 13.1. The monoisotopic (exact) mass is 324 g/mol. The fourth-order valence-corrected chi connectivity index (χ4v) is 3.19. The molecule has 1 unspecified atom stereocenters. The van der Waals surface area contributed by atoms with Gasteiger partial charge in [0.25, 0.3) is 0 Å². The number of sulfonamides is 1. The molecule has 7 heteroatoms. The summed E-state index contributed by atoms with van der Waals surface area (Å²) in [7, 11) is -3.87. The van der Waals surface area contributed by atoms with Crippen molar-refractivity contribution in [2.24, 2.45) is 11.7 Å². The molecule has 20 heavy (non-hydrogen) atoms. The number of benzene rings is 1. The summed E-state index contributed by atoms with van der Waals surface area (Å²) in [6, 6.07) is 3.66. The van der Waals surface area contributed by atoms with Gasteiger partial charge >= 0.3 is 0 Å². The Balaban J connectivity index is 0.00000361. The van der Waals surface area contributed by atoms with Gasteiger partial charge in [0.2, 0.25) is 10.0 Å². The van der Waals surface area contributed by atoms with Gasteiger partial charge in [0, 0.05) is 12.6 Å². The van der Waals surface area contributed by atoms with E-state index in [2.05, 4.69) is 4.72 Å². The summed E-state index contributed by atoms with van der Waals surface area (Å²) in [5.74, 6) is -0.438. The highest BCUT2D eigenvalue weighted by molar-refractivity contribution is 7.89. The van der Waals surface area contributed by atoms with Crippen LogP contribution in [-0.2, 0) is 10.0 Å². The molecule has 116 valence electrons. The molecule has 0 aliphatic heterocycles. The molecule has 0 saturated carbocycles. The molecule has 3 N–H and O–H groups in total. The van der Waals surface area contributed by atoms with E-state index >= 15 is 0 Å². The van der Waals surface area contributed by atoms with Crippen LogP contribution >= 0.6 is 12.4 Å². The summed E-state index contributed by atoms with van der Waals surface area (Å²) < 4.78 is 40.4. The second-order valence-corrected chi connectivity index (χ2v) is 6.80. The van der Waals surface area contributed by atoms with Crippen molar-refractivity contribution in [1.82, 2.24) is 4.72 Å². The summed E-state index contributed by atoms with van der Waals surface area (Å²) in [5, 5.41) is 0. The average molecular weight is 325 g/mol. The van der Waals surface area contributed by atoms with Gasteiger partial charge < -0.3 is 5.73 Å². The van der Waals surface area contributed by atoms with Gasteiger partial charge in [-0.2, -0.15) is 0 Å². The van der Waals surface area contributed by atoms with Gasteiger partial charge in [-0.1, -0.05) is 19.9 Å². The Kier molecular flexibility index (Phi) is 7.65. The van der Waals surface area contributed by atoms with Gasteiger partial charge in [-0.25, -0.2) is 17.5 Å². The van der Waals surface area contributed by atoms with Crippen LogP contribution in [0.2, 0.25) is 0 Å². The van der Waals surface area contributed by atoms with E-state index in [1.165, 1.54) is 12.1 Å². The number of aryl methyl sites for hydroxylation is 1. The lowest BCUT2D eigenvalue weighted by Gasteiger charge is -2.19. The Morgan fingerprint density at radius 2 is 1.95 bits per heavy atom. The predicted octanol–water partition coefficient (Wildman–Crippen LogP) is 2.21. The molecule has 0 aliphatic carbocycles. The molecular formula is C13H22ClFN2O2S. The third kappa shape index (κ3) is 5.36. The molecule has 1 rings (SSSR count). The summed E-state index contributed by atoms with van der Waals surface area (Å²) in [6.45, 7) is 5.84. The molecule has 0 fully saturated rings. The lowest BCUT2D eigenvalue weighted by molar-refractivity contribution is 0.463. The van der Waals surface area contributed by atoms with Crippen LogP contribution in [0, 0.1) is 18.7 Å². The largest absolute Gasteiger partial charge is 0.329 e. The Morgan fingerprint density at radius 3 is 2.40 bits per heavy atom. The number of nitrogens with one attached hydrogen (secondary N) is 1. The van der Waals surface area contributed by atoms with Crippen LogP contribution in [0.15, 0.2) is 23.1 Å². The van der Waals surface area contributed by atoms with Gasteiger partial charge in [-0.15, -0.1) is 12.4 Å². The third-order valence-electron chi connectivity index (χ3n) is 2.74. The molecule has 0 saturated heterocycles. The highest BCUT2D eigenvalue weighted by atomic mass is 35.5. The summed E-state index contributed by atoms with van der Waals surface area (Å²) in [4.78, 5) is -0.333. The van der Waals surface area contributed by atoms with Crippen LogP contribution in [0.25, 0.3) is 0 Å². The van der Waals surface area contributed by atoms with E-state index in [-0.39, 0.29) is 29.9 Å². The van der Waals surface area contributed by atoms with Crippen molar-refractivity contribution >= 4 is 22.4 Å². The highest BCUT2D eigenvalue weighted by Crippen LogP contribution is 2.17. The molecule has 0 amide bonds. The van der Waals surface area contributed by atoms with Crippen molar-refractivity contribution in [2.45, 2.75) is 38.1 Å².